The van der Waals surface area contributed by atoms with Crippen LogP contribution >= 0.6 is 0 Å². The van der Waals surface area contributed by atoms with E-state index >= 15 is 0 Å². The normalized spacial score (nSPS) is 10.6. The number of aromatic carboxylic acids is 1. The molecule has 3 N–H and O–H groups in total. The van der Waals surface area contributed by atoms with Crippen LogP contribution in [-0.4, -0.2) is 31.0 Å². The molecule has 0 saturated heterocycles. The number of carbonyl (C=O) groups is 1. The standard InChI is InChI=1S/C13H11N5O2/c19-13(20)10-6-17-11(7-15-10)16-5-9-2-1-8-3-4-14-12(8)18-9/h1-4,6-7H,5H2,(H,14,18)(H,16,17)(H,19,20). The van der Waals surface area contributed by atoms with Crippen LogP contribution in [0.2, 0.25) is 0 Å². The van der Waals surface area contributed by atoms with Crippen molar-refractivity contribution in [3.05, 3.63) is 48.2 Å². The van der Waals surface area contributed by atoms with Crippen LogP contribution in [0.1, 0.15) is 16.2 Å². The number of anilines is 1. The van der Waals surface area contributed by atoms with Crippen molar-refractivity contribution in [3.8, 4) is 0 Å². The van der Waals surface area contributed by atoms with Crippen molar-refractivity contribution in [3.63, 3.8) is 0 Å². The molecule has 3 heterocycles. The van der Waals surface area contributed by atoms with E-state index in [4.69, 9.17) is 5.11 Å². The van der Waals surface area contributed by atoms with Crippen LogP contribution < -0.4 is 5.32 Å². The zero-order chi connectivity index (χ0) is 13.9. The van der Waals surface area contributed by atoms with Crippen molar-refractivity contribution in [2.75, 3.05) is 5.32 Å². The molecule has 0 spiro atoms. The molecule has 0 aliphatic rings. The van der Waals surface area contributed by atoms with Gasteiger partial charge in [-0.25, -0.2) is 19.7 Å². The van der Waals surface area contributed by atoms with Crippen LogP contribution in [-0.2, 0) is 6.54 Å². The van der Waals surface area contributed by atoms with Gasteiger partial charge in [0, 0.05) is 11.6 Å². The zero-order valence-electron chi connectivity index (χ0n) is 10.4. The van der Waals surface area contributed by atoms with Crippen molar-refractivity contribution >= 4 is 22.8 Å². The van der Waals surface area contributed by atoms with Crippen LogP contribution in [0.3, 0.4) is 0 Å². The summed E-state index contributed by atoms with van der Waals surface area (Å²) < 4.78 is 0. The third kappa shape index (κ3) is 2.41. The Hall–Kier alpha value is -2.96. The number of hydrogen-bond donors (Lipinski definition) is 3. The molecule has 20 heavy (non-hydrogen) atoms. The van der Waals surface area contributed by atoms with E-state index in [1.165, 1.54) is 12.4 Å². The van der Waals surface area contributed by atoms with Crippen molar-refractivity contribution in [1.82, 2.24) is 19.9 Å². The molecule has 100 valence electrons. The summed E-state index contributed by atoms with van der Waals surface area (Å²) in [5.74, 6) is -0.591. The number of nitrogens with zero attached hydrogens (tertiary/aromatic N) is 3. The van der Waals surface area contributed by atoms with Gasteiger partial charge in [-0.1, -0.05) is 0 Å². The van der Waals surface area contributed by atoms with Crippen molar-refractivity contribution in [2.45, 2.75) is 6.54 Å². The number of rotatable bonds is 4. The Morgan fingerprint density at radius 1 is 1.25 bits per heavy atom. The Morgan fingerprint density at radius 2 is 2.15 bits per heavy atom. The first-order valence-electron chi connectivity index (χ1n) is 5.94. The van der Waals surface area contributed by atoms with Gasteiger partial charge in [-0.3, -0.25) is 0 Å². The smallest absolute Gasteiger partial charge is 0.356 e. The van der Waals surface area contributed by atoms with Gasteiger partial charge in [0.15, 0.2) is 5.69 Å². The zero-order valence-corrected chi connectivity index (χ0v) is 10.4. The van der Waals surface area contributed by atoms with Gasteiger partial charge in [0.2, 0.25) is 0 Å². The second kappa shape index (κ2) is 4.96. The van der Waals surface area contributed by atoms with E-state index in [1.54, 1.807) is 0 Å². The predicted octanol–water partition coefficient (Wildman–Crippen LogP) is 1.66. The Bertz CT molecular complexity index is 751. The third-order valence-corrected chi connectivity index (χ3v) is 2.79. The van der Waals surface area contributed by atoms with Gasteiger partial charge in [0.1, 0.15) is 11.5 Å². The van der Waals surface area contributed by atoms with Gasteiger partial charge in [0.25, 0.3) is 0 Å². The summed E-state index contributed by atoms with van der Waals surface area (Å²) in [5, 5.41) is 12.8. The molecule has 0 radical (unpaired) electrons. The van der Waals surface area contributed by atoms with E-state index in [9.17, 15) is 4.79 Å². The summed E-state index contributed by atoms with van der Waals surface area (Å²) in [6.07, 6.45) is 4.44. The maximum absolute atomic E-state index is 10.7. The highest BCUT2D eigenvalue weighted by Gasteiger charge is 2.05. The molecule has 0 aromatic carbocycles. The number of aromatic nitrogens is 4. The molecule has 3 rings (SSSR count). The summed E-state index contributed by atoms with van der Waals surface area (Å²) in [7, 11) is 0. The monoisotopic (exact) mass is 269 g/mol. The minimum absolute atomic E-state index is 0.0820. The topological polar surface area (TPSA) is 104 Å². The number of H-pyrrole nitrogens is 1. The van der Waals surface area contributed by atoms with Crippen molar-refractivity contribution in [2.24, 2.45) is 0 Å². The Morgan fingerprint density at radius 3 is 2.90 bits per heavy atom. The van der Waals surface area contributed by atoms with E-state index in [-0.39, 0.29) is 5.69 Å². The fraction of sp³-hybridized carbons (Fsp3) is 0.0769. The van der Waals surface area contributed by atoms with E-state index in [0.717, 1.165) is 16.7 Å². The number of nitrogens with one attached hydrogen (secondary N) is 2. The molecule has 0 fully saturated rings. The molecular formula is C13H11N5O2. The molecule has 3 aromatic heterocycles. The summed E-state index contributed by atoms with van der Waals surface area (Å²) in [6.45, 7) is 0.482. The van der Waals surface area contributed by atoms with Gasteiger partial charge in [-0.2, -0.15) is 0 Å². The fourth-order valence-corrected chi connectivity index (χ4v) is 1.78. The molecular weight excluding hydrogens is 258 g/mol. The van der Waals surface area contributed by atoms with E-state index in [2.05, 4.69) is 25.3 Å². The molecule has 7 heteroatoms. The predicted molar refractivity (Wildman–Crippen MR) is 72.4 cm³/mol. The minimum Gasteiger partial charge on any atom is -0.476 e. The van der Waals surface area contributed by atoms with Gasteiger partial charge in [-0.05, 0) is 18.2 Å². The number of fused-ring (bicyclic) bond motifs is 1. The first-order valence-corrected chi connectivity index (χ1v) is 5.94. The average molecular weight is 269 g/mol. The first kappa shape index (κ1) is 12.1. The summed E-state index contributed by atoms with van der Waals surface area (Å²) >= 11 is 0. The van der Waals surface area contributed by atoms with Crippen LogP contribution in [0.15, 0.2) is 36.8 Å². The quantitative estimate of drug-likeness (QED) is 0.665. The molecule has 0 amide bonds. The van der Waals surface area contributed by atoms with Crippen LogP contribution in [0.5, 0.6) is 0 Å². The molecule has 0 atom stereocenters. The molecule has 3 aromatic rings. The number of hydrogen-bond acceptors (Lipinski definition) is 5. The summed E-state index contributed by atoms with van der Waals surface area (Å²) in [5.41, 5.74) is 1.60. The van der Waals surface area contributed by atoms with Crippen molar-refractivity contribution in [1.29, 1.82) is 0 Å². The average Bonchev–Trinajstić information content (AvgIpc) is 2.93. The third-order valence-electron chi connectivity index (χ3n) is 2.79. The highest BCUT2D eigenvalue weighted by atomic mass is 16.4. The summed E-state index contributed by atoms with van der Waals surface area (Å²) in [6, 6.07) is 5.85. The lowest BCUT2D eigenvalue weighted by Gasteiger charge is -2.05. The lowest BCUT2D eigenvalue weighted by atomic mass is 10.3. The SMILES string of the molecule is O=C(O)c1cnc(NCc2ccc3cc[nH]c3n2)cn1. The maximum Gasteiger partial charge on any atom is 0.356 e. The number of aromatic amines is 1. The highest BCUT2D eigenvalue weighted by Crippen LogP contribution is 2.11. The minimum atomic E-state index is -1.09. The lowest BCUT2D eigenvalue weighted by Crippen LogP contribution is -2.06. The molecule has 0 aliphatic carbocycles. The van der Waals surface area contributed by atoms with Gasteiger partial charge < -0.3 is 15.4 Å². The van der Waals surface area contributed by atoms with Crippen molar-refractivity contribution < 1.29 is 9.90 Å². The Kier molecular flexibility index (Phi) is 3.00. The first-order chi connectivity index (χ1) is 9.72. The second-order valence-electron chi connectivity index (χ2n) is 4.16. The molecule has 0 aliphatic heterocycles. The van der Waals surface area contributed by atoms with E-state index < -0.39 is 5.97 Å². The van der Waals surface area contributed by atoms with Crippen LogP contribution in [0.25, 0.3) is 11.0 Å². The second-order valence-corrected chi connectivity index (χ2v) is 4.16. The maximum atomic E-state index is 10.7. The van der Waals surface area contributed by atoms with Crippen LogP contribution in [0.4, 0.5) is 5.82 Å². The lowest BCUT2D eigenvalue weighted by molar-refractivity contribution is 0.0690. The number of pyridine rings is 1. The van der Waals surface area contributed by atoms with E-state index in [0.29, 0.717) is 12.4 Å². The van der Waals surface area contributed by atoms with Gasteiger partial charge in [0.05, 0.1) is 24.6 Å². The Labute approximate surface area is 113 Å². The van der Waals surface area contributed by atoms with Gasteiger partial charge >= 0.3 is 5.97 Å². The molecule has 0 bridgehead atoms. The fourth-order valence-electron chi connectivity index (χ4n) is 1.78. The van der Waals surface area contributed by atoms with Crippen LogP contribution in [0, 0.1) is 0 Å². The molecule has 0 saturated carbocycles. The largest absolute Gasteiger partial charge is 0.476 e. The molecule has 7 nitrogen and oxygen atoms in total. The number of carboxylic acids is 1. The van der Waals surface area contributed by atoms with E-state index in [1.807, 2.05) is 24.4 Å². The molecule has 0 unspecified atom stereocenters. The van der Waals surface area contributed by atoms with Gasteiger partial charge in [-0.15, -0.1) is 0 Å². The summed E-state index contributed by atoms with van der Waals surface area (Å²) in [4.78, 5) is 25.9. The Balaban J connectivity index is 1.70. The highest BCUT2D eigenvalue weighted by molar-refractivity contribution is 5.84. The number of carboxylic acid groups (broad SMARTS) is 1.